The van der Waals surface area contributed by atoms with Crippen molar-refractivity contribution in [3.63, 3.8) is 0 Å². The molecular formula is C11H14BrNO5S. The maximum atomic E-state index is 12.2. The van der Waals surface area contributed by atoms with Gasteiger partial charge in [0.2, 0.25) is 10.0 Å². The number of sulfonamides is 1. The van der Waals surface area contributed by atoms with Crippen molar-refractivity contribution in [2.45, 2.75) is 17.9 Å². The minimum atomic E-state index is -3.88. The number of nitrogens with zero attached hydrogens (tertiary/aromatic N) is 1. The predicted molar refractivity (Wildman–Crippen MR) is 72.7 cm³/mol. The Morgan fingerprint density at radius 3 is 2.53 bits per heavy atom. The monoisotopic (exact) mass is 351 g/mol. The third-order valence-corrected chi connectivity index (χ3v) is 5.28. The van der Waals surface area contributed by atoms with E-state index in [4.69, 9.17) is 9.84 Å². The van der Waals surface area contributed by atoms with Crippen LogP contribution in [0.4, 0.5) is 0 Å². The summed E-state index contributed by atoms with van der Waals surface area (Å²) in [6, 6.07) is 3.10. The maximum Gasteiger partial charge on any atom is 0.321 e. The number of aliphatic carboxylic acids is 1. The normalized spacial score (nSPS) is 13.3. The maximum absolute atomic E-state index is 12.2. The van der Waals surface area contributed by atoms with E-state index in [1.54, 1.807) is 0 Å². The van der Waals surface area contributed by atoms with Gasteiger partial charge in [-0.05, 0) is 35.0 Å². The number of hydrogen-bond acceptors (Lipinski definition) is 4. The molecule has 1 unspecified atom stereocenters. The Hall–Kier alpha value is -1.12. The molecule has 8 heteroatoms. The lowest BCUT2D eigenvalue weighted by Gasteiger charge is -2.21. The van der Waals surface area contributed by atoms with Crippen LogP contribution in [0.25, 0.3) is 0 Å². The van der Waals surface area contributed by atoms with Crippen LogP contribution < -0.4 is 4.74 Å². The SMILES string of the molecule is COc1cc(S(=O)(=O)N(C)C(C)C(=O)O)ccc1Br. The number of carboxylic acids is 1. The van der Waals surface area contributed by atoms with Gasteiger partial charge in [-0.3, -0.25) is 4.79 Å². The van der Waals surface area contributed by atoms with E-state index in [0.29, 0.717) is 10.2 Å². The molecule has 106 valence electrons. The van der Waals surface area contributed by atoms with Crippen molar-refractivity contribution in [1.29, 1.82) is 0 Å². The molecule has 6 nitrogen and oxygen atoms in total. The van der Waals surface area contributed by atoms with E-state index in [2.05, 4.69) is 15.9 Å². The summed E-state index contributed by atoms with van der Waals surface area (Å²) in [4.78, 5) is 10.8. The quantitative estimate of drug-likeness (QED) is 0.869. The number of benzene rings is 1. The molecule has 0 amide bonds. The summed E-state index contributed by atoms with van der Waals surface area (Å²) in [5.41, 5.74) is 0. The first-order valence-electron chi connectivity index (χ1n) is 5.26. The third kappa shape index (κ3) is 3.26. The molecule has 0 aromatic heterocycles. The fourth-order valence-electron chi connectivity index (χ4n) is 1.33. The molecule has 0 saturated carbocycles. The van der Waals surface area contributed by atoms with Gasteiger partial charge in [-0.2, -0.15) is 4.31 Å². The molecule has 0 spiro atoms. The highest BCUT2D eigenvalue weighted by Gasteiger charge is 2.29. The first-order valence-corrected chi connectivity index (χ1v) is 7.49. The van der Waals surface area contributed by atoms with Crippen molar-refractivity contribution in [2.75, 3.05) is 14.2 Å². The van der Waals surface area contributed by atoms with Crippen LogP contribution in [-0.4, -0.2) is 44.0 Å². The number of halogens is 1. The fraction of sp³-hybridized carbons (Fsp3) is 0.364. The van der Waals surface area contributed by atoms with E-state index >= 15 is 0 Å². The molecule has 1 aromatic carbocycles. The molecule has 0 aliphatic carbocycles. The number of carboxylic acid groups (broad SMARTS) is 1. The lowest BCUT2D eigenvalue weighted by Crippen LogP contribution is -2.40. The van der Waals surface area contributed by atoms with Gasteiger partial charge in [0.05, 0.1) is 16.5 Å². The molecule has 0 bridgehead atoms. The van der Waals surface area contributed by atoms with Crippen molar-refractivity contribution < 1.29 is 23.1 Å². The van der Waals surface area contributed by atoms with E-state index in [-0.39, 0.29) is 4.90 Å². The lowest BCUT2D eigenvalue weighted by molar-refractivity contribution is -0.140. The van der Waals surface area contributed by atoms with E-state index < -0.39 is 22.0 Å². The Morgan fingerprint density at radius 2 is 2.05 bits per heavy atom. The van der Waals surface area contributed by atoms with Crippen molar-refractivity contribution in [2.24, 2.45) is 0 Å². The van der Waals surface area contributed by atoms with E-state index in [1.807, 2.05) is 0 Å². The third-order valence-electron chi connectivity index (χ3n) is 2.70. The Balaban J connectivity index is 3.24. The van der Waals surface area contributed by atoms with E-state index in [0.717, 1.165) is 4.31 Å². The van der Waals surface area contributed by atoms with Crippen LogP contribution in [-0.2, 0) is 14.8 Å². The molecule has 0 aliphatic rings. The van der Waals surface area contributed by atoms with Crippen LogP contribution in [0.2, 0.25) is 0 Å². The molecule has 1 aromatic rings. The van der Waals surface area contributed by atoms with Crippen molar-refractivity contribution in [3.05, 3.63) is 22.7 Å². The lowest BCUT2D eigenvalue weighted by atomic mass is 10.3. The second-order valence-electron chi connectivity index (χ2n) is 3.83. The minimum absolute atomic E-state index is 0.0249. The summed E-state index contributed by atoms with van der Waals surface area (Å²) in [6.45, 7) is 1.30. The molecule has 0 radical (unpaired) electrons. The van der Waals surface area contributed by atoms with Gasteiger partial charge in [0, 0.05) is 13.1 Å². The van der Waals surface area contributed by atoms with Gasteiger partial charge < -0.3 is 9.84 Å². The summed E-state index contributed by atoms with van der Waals surface area (Å²) in [5, 5.41) is 8.87. The van der Waals surface area contributed by atoms with E-state index in [1.165, 1.54) is 39.3 Å². The first kappa shape index (κ1) is 15.9. The second kappa shape index (κ2) is 5.89. The molecule has 1 N–H and O–H groups in total. The zero-order chi connectivity index (χ0) is 14.8. The zero-order valence-corrected chi connectivity index (χ0v) is 13.0. The molecule has 0 heterocycles. The minimum Gasteiger partial charge on any atom is -0.496 e. The van der Waals surface area contributed by atoms with Gasteiger partial charge in [-0.1, -0.05) is 0 Å². The van der Waals surface area contributed by atoms with Crippen LogP contribution in [0.5, 0.6) is 5.75 Å². The average molecular weight is 352 g/mol. The topological polar surface area (TPSA) is 83.9 Å². The van der Waals surface area contributed by atoms with Crippen LogP contribution in [0.15, 0.2) is 27.6 Å². The number of hydrogen-bond donors (Lipinski definition) is 1. The number of ether oxygens (including phenoxy) is 1. The smallest absolute Gasteiger partial charge is 0.321 e. The molecule has 0 aliphatic heterocycles. The molecule has 1 rings (SSSR count). The Labute approximate surface area is 120 Å². The zero-order valence-electron chi connectivity index (χ0n) is 10.6. The Kier molecular flexibility index (Phi) is 4.94. The highest BCUT2D eigenvalue weighted by molar-refractivity contribution is 9.10. The number of methoxy groups -OCH3 is 1. The molecular weight excluding hydrogens is 338 g/mol. The summed E-state index contributed by atoms with van der Waals surface area (Å²) >= 11 is 3.22. The van der Waals surface area contributed by atoms with Gasteiger partial charge in [0.15, 0.2) is 0 Å². The first-order chi connectivity index (χ1) is 8.71. The Bertz CT molecular complexity index is 587. The average Bonchev–Trinajstić information content (AvgIpc) is 2.36. The Morgan fingerprint density at radius 1 is 1.47 bits per heavy atom. The molecule has 0 saturated heterocycles. The van der Waals surface area contributed by atoms with Crippen LogP contribution in [0.3, 0.4) is 0 Å². The fourth-order valence-corrected chi connectivity index (χ4v) is 3.07. The van der Waals surface area contributed by atoms with Crippen molar-refractivity contribution in [1.82, 2.24) is 4.31 Å². The van der Waals surface area contributed by atoms with Crippen molar-refractivity contribution in [3.8, 4) is 5.75 Å². The van der Waals surface area contributed by atoms with Crippen LogP contribution in [0, 0.1) is 0 Å². The van der Waals surface area contributed by atoms with Gasteiger partial charge in [0.1, 0.15) is 11.8 Å². The summed E-state index contributed by atoms with van der Waals surface area (Å²) in [5.74, 6) is -0.854. The summed E-state index contributed by atoms with van der Waals surface area (Å²) in [7, 11) is -1.24. The molecule has 1 atom stereocenters. The summed E-state index contributed by atoms with van der Waals surface area (Å²) in [6.07, 6.45) is 0. The molecule has 0 fully saturated rings. The highest BCUT2D eigenvalue weighted by Crippen LogP contribution is 2.29. The number of carbonyl (C=O) groups is 1. The molecule has 19 heavy (non-hydrogen) atoms. The van der Waals surface area contributed by atoms with Gasteiger partial charge in [-0.25, -0.2) is 8.42 Å². The summed E-state index contributed by atoms with van der Waals surface area (Å²) < 4.78 is 30.9. The predicted octanol–water partition coefficient (Wildman–Crippen LogP) is 1.55. The van der Waals surface area contributed by atoms with Crippen molar-refractivity contribution >= 4 is 31.9 Å². The number of likely N-dealkylation sites (N-methyl/N-ethyl adjacent to an activating group) is 1. The van der Waals surface area contributed by atoms with Gasteiger partial charge >= 0.3 is 5.97 Å². The standard InChI is InChI=1S/C11H14BrNO5S/c1-7(11(14)15)13(2)19(16,17)8-4-5-9(12)10(6-8)18-3/h4-7H,1-3H3,(H,14,15). The largest absolute Gasteiger partial charge is 0.496 e. The highest BCUT2D eigenvalue weighted by atomic mass is 79.9. The van der Waals surface area contributed by atoms with Crippen LogP contribution in [0.1, 0.15) is 6.92 Å². The van der Waals surface area contributed by atoms with E-state index in [9.17, 15) is 13.2 Å². The second-order valence-corrected chi connectivity index (χ2v) is 6.68. The van der Waals surface area contributed by atoms with Gasteiger partial charge in [0.25, 0.3) is 0 Å². The van der Waals surface area contributed by atoms with Crippen LogP contribution >= 0.6 is 15.9 Å². The number of rotatable bonds is 5. The van der Waals surface area contributed by atoms with Gasteiger partial charge in [-0.15, -0.1) is 0 Å².